The Bertz CT molecular complexity index is 1350. The highest BCUT2D eigenvalue weighted by Crippen LogP contribution is 2.33. The number of aromatic amines is 2. The Kier molecular flexibility index (Phi) is 6.42. The van der Waals surface area contributed by atoms with Gasteiger partial charge in [-0.25, -0.2) is 0 Å². The van der Waals surface area contributed by atoms with E-state index in [1.807, 2.05) is 29.2 Å². The van der Waals surface area contributed by atoms with Crippen molar-refractivity contribution >= 4 is 27.7 Å². The first kappa shape index (κ1) is 23.1. The summed E-state index contributed by atoms with van der Waals surface area (Å²) < 4.78 is 11.1. The highest BCUT2D eigenvalue weighted by Gasteiger charge is 2.30. The lowest BCUT2D eigenvalue weighted by Gasteiger charge is -2.38. The number of methoxy groups -OCH3 is 1. The third-order valence-corrected chi connectivity index (χ3v) is 7.98. The summed E-state index contributed by atoms with van der Waals surface area (Å²) in [6.45, 7) is 5.00. The van der Waals surface area contributed by atoms with Crippen LogP contribution < -0.4 is 4.74 Å². The molecule has 7 nitrogen and oxygen atoms in total. The fourth-order valence-corrected chi connectivity index (χ4v) is 5.90. The van der Waals surface area contributed by atoms with Crippen molar-refractivity contribution in [2.24, 2.45) is 0 Å². The zero-order valence-corrected chi connectivity index (χ0v) is 20.8. The number of fused-ring (bicyclic) bond motifs is 2. The molecule has 2 aromatic heterocycles. The van der Waals surface area contributed by atoms with Crippen molar-refractivity contribution in [1.29, 1.82) is 0 Å². The van der Waals surface area contributed by atoms with Gasteiger partial charge in [0.2, 0.25) is 0 Å². The molecule has 0 bridgehead atoms. The quantitative estimate of drug-likeness (QED) is 0.412. The van der Waals surface area contributed by atoms with Crippen LogP contribution in [0, 0.1) is 0 Å². The van der Waals surface area contributed by atoms with E-state index in [-0.39, 0.29) is 11.9 Å². The van der Waals surface area contributed by atoms with Gasteiger partial charge in [0.1, 0.15) is 11.4 Å². The maximum atomic E-state index is 13.5. The summed E-state index contributed by atoms with van der Waals surface area (Å²) >= 11 is 0. The van der Waals surface area contributed by atoms with Crippen LogP contribution >= 0.6 is 0 Å². The number of H-pyrrole nitrogens is 2. The van der Waals surface area contributed by atoms with E-state index in [1.54, 1.807) is 7.11 Å². The number of rotatable bonds is 6. The van der Waals surface area contributed by atoms with Gasteiger partial charge >= 0.3 is 0 Å². The number of hydrogen-bond donors (Lipinski definition) is 2. The number of morpholine rings is 1. The van der Waals surface area contributed by atoms with E-state index in [0.29, 0.717) is 31.4 Å². The maximum absolute atomic E-state index is 13.5. The van der Waals surface area contributed by atoms with E-state index < -0.39 is 0 Å². The minimum Gasteiger partial charge on any atom is -0.497 e. The van der Waals surface area contributed by atoms with E-state index in [0.717, 1.165) is 42.7 Å². The molecule has 6 rings (SSSR count). The molecular formula is C29H34N4O3. The monoisotopic (exact) mass is 486 g/mol. The van der Waals surface area contributed by atoms with Gasteiger partial charge in [-0.15, -0.1) is 0 Å². The molecule has 4 aromatic rings. The van der Waals surface area contributed by atoms with Gasteiger partial charge in [-0.1, -0.05) is 18.2 Å². The van der Waals surface area contributed by atoms with Gasteiger partial charge in [0.15, 0.2) is 0 Å². The molecule has 0 saturated carbocycles. The van der Waals surface area contributed by atoms with Gasteiger partial charge in [-0.05, 0) is 68.1 Å². The zero-order chi connectivity index (χ0) is 24.5. The second-order valence-corrected chi connectivity index (χ2v) is 10.1. The molecule has 0 unspecified atom stereocenters. The first-order chi connectivity index (χ1) is 17.7. The predicted molar refractivity (Wildman–Crippen MR) is 142 cm³/mol. The standard InChI is InChI=1S/C29H34N4O3/c1-35-23-7-6-21-16-28(31-27(21)17-23)29(34)33-14-15-36-19-22(33)10-13-32-11-8-20(9-12-32)25-18-30-26-5-3-2-4-24(25)26/h2-7,16-18,20,22,30-31H,8-15,19H2,1H3/t22-/m0/s1. The number of benzene rings is 2. The summed E-state index contributed by atoms with van der Waals surface area (Å²) in [5.74, 6) is 1.44. The third-order valence-electron chi connectivity index (χ3n) is 7.98. The molecule has 2 aromatic carbocycles. The summed E-state index contributed by atoms with van der Waals surface area (Å²) in [6.07, 6.45) is 5.47. The smallest absolute Gasteiger partial charge is 0.270 e. The van der Waals surface area contributed by atoms with Crippen LogP contribution in [-0.4, -0.2) is 78.2 Å². The van der Waals surface area contributed by atoms with Gasteiger partial charge < -0.3 is 29.2 Å². The third kappa shape index (κ3) is 4.49. The largest absolute Gasteiger partial charge is 0.497 e. The van der Waals surface area contributed by atoms with E-state index in [2.05, 4.69) is 45.3 Å². The van der Waals surface area contributed by atoms with Crippen molar-refractivity contribution in [2.45, 2.75) is 31.2 Å². The van der Waals surface area contributed by atoms with Crippen LogP contribution in [0.2, 0.25) is 0 Å². The topological polar surface area (TPSA) is 73.6 Å². The number of para-hydroxylation sites is 1. The van der Waals surface area contributed by atoms with E-state index >= 15 is 0 Å². The van der Waals surface area contributed by atoms with Crippen molar-refractivity contribution in [3.05, 3.63) is 66.0 Å². The fourth-order valence-electron chi connectivity index (χ4n) is 5.90. The Morgan fingerprint density at radius 3 is 2.81 bits per heavy atom. The van der Waals surface area contributed by atoms with Crippen LogP contribution in [0.1, 0.15) is 41.2 Å². The number of ether oxygens (including phenoxy) is 2. The summed E-state index contributed by atoms with van der Waals surface area (Å²) in [7, 11) is 1.65. The molecule has 7 heteroatoms. The highest BCUT2D eigenvalue weighted by atomic mass is 16.5. The molecular weight excluding hydrogens is 452 g/mol. The molecule has 0 aliphatic carbocycles. The van der Waals surface area contributed by atoms with Crippen molar-refractivity contribution in [2.75, 3.05) is 46.5 Å². The lowest BCUT2D eigenvalue weighted by Crippen LogP contribution is -2.50. The summed E-state index contributed by atoms with van der Waals surface area (Å²) in [5.41, 5.74) is 4.23. The van der Waals surface area contributed by atoms with Crippen molar-refractivity contribution in [1.82, 2.24) is 19.8 Å². The molecule has 2 fully saturated rings. The van der Waals surface area contributed by atoms with Gasteiger partial charge in [0, 0.05) is 47.2 Å². The first-order valence-electron chi connectivity index (χ1n) is 13.0. The summed E-state index contributed by atoms with van der Waals surface area (Å²) in [6, 6.07) is 16.5. The van der Waals surface area contributed by atoms with Crippen LogP contribution in [0.3, 0.4) is 0 Å². The first-order valence-corrected chi connectivity index (χ1v) is 13.0. The van der Waals surface area contributed by atoms with E-state index in [9.17, 15) is 4.79 Å². The molecule has 2 N–H and O–H groups in total. The fraction of sp³-hybridized carbons (Fsp3) is 0.414. The number of hydrogen-bond acceptors (Lipinski definition) is 4. The summed E-state index contributed by atoms with van der Waals surface area (Å²) in [5, 5.41) is 2.38. The Balaban J connectivity index is 1.07. The number of likely N-dealkylation sites (tertiary alicyclic amines) is 1. The second kappa shape index (κ2) is 9.99. The average molecular weight is 487 g/mol. The summed E-state index contributed by atoms with van der Waals surface area (Å²) in [4.78, 5) is 24.7. The molecule has 0 radical (unpaired) electrons. The molecule has 36 heavy (non-hydrogen) atoms. The number of nitrogens with one attached hydrogen (secondary N) is 2. The SMILES string of the molecule is COc1ccc2cc(C(=O)N3CCOC[C@@H]3CCN3CCC(c4c[nH]c5ccccc45)CC3)[nH]c2c1. The Hall–Kier alpha value is -3.29. The maximum Gasteiger partial charge on any atom is 0.270 e. The Morgan fingerprint density at radius 2 is 1.94 bits per heavy atom. The number of carbonyl (C=O) groups is 1. The lowest BCUT2D eigenvalue weighted by molar-refractivity contribution is -0.00749. The van der Waals surface area contributed by atoms with Crippen molar-refractivity contribution < 1.29 is 14.3 Å². The van der Waals surface area contributed by atoms with E-state index in [4.69, 9.17) is 9.47 Å². The molecule has 1 atom stereocenters. The minimum absolute atomic E-state index is 0.0523. The molecule has 1 amide bonds. The van der Waals surface area contributed by atoms with Gasteiger partial charge in [-0.3, -0.25) is 4.79 Å². The molecule has 2 aliphatic rings. The van der Waals surface area contributed by atoms with Crippen LogP contribution in [0.4, 0.5) is 0 Å². The van der Waals surface area contributed by atoms with Gasteiger partial charge in [0.05, 0.1) is 26.4 Å². The molecule has 4 heterocycles. The van der Waals surface area contributed by atoms with Crippen molar-refractivity contribution in [3.8, 4) is 5.75 Å². The normalized spacial score (nSPS) is 19.8. The Morgan fingerprint density at radius 1 is 1.08 bits per heavy atom. The van der Waals surface area contributed by atoms with Crippen LogP contribution in [0.25, 0.3) is 21.8 Å². The van der Waals surface area contributed by atoms with Crippen LogP contribution in [0.15, 0.2) is 54.7 Å². The number of aromatic nitrogens is 2. The minimum atomic E-state index is 0.0523. The molecule has 2 aliphatic heterocycles. The average Bonchev–Trinajstić information content (AvgIpc) is 3.56. The second-order valence-electron chi connectivity index (χ2n) is 10.1. The van der Waals surface area contributed by atoms with Crippen LogP contribution in [0.5, 0.6) is 5.75 Å². The van der Waals surface area contributed by atoms with Crippen molar-refractivity contribution in [3.63, 3.8) is 0 Å². The van der Waals surface area contributed by atoms with Gasteiger partial charge in [-0.2, -0.15) is 0 Å². The number of carbonyl (C=O) groups excluding carboxylic acids is 1. The number of piperidine rings is 1. The lowest BCUT2D eigenvalue weighted by atomic mass is 9.89. The molecule has 2 saturated heterocycles. The Labute approximate surface area is 211 Å². The number of nitrogens with zero attached hydrogens (tertiary/aromatic N) is 2. The van der Waals surface area contributed by atoms with Crippen LogP contribution in [-0.2, 0) is 4.74 Å². The highest BCUT2D eigenvalue weighted by molar-refractivity contribution is 5.98. The zero-order valence-electron chi connectivity index (χ0n) is 20.8. The van der Waals surface area contributed by atoms with E-state index in [1.165, 1.54) is 29.3 Å². The van der Waals surface area contributed by atoms with Gasteiger partial charge in [0.25, 0.3) is 5.91 Å². The molecule has 0 spiro atoms. The number of amides is 1. The molecule has 188 valence electrons. The predicted octanol–water partition coefficient (Wildman–Crippen LogP) is 4.77.